The van der Waals surface area contributed by atoms with Crippen LogP contribution >= 0.6 is 0 Å². The van der Waals surface area contributed by atoms with Crippen molar-refractivity contribution in [2.45, 2.75) is 0 Å². The normalized spacial score (nSPS) is 12.0. The Morgan fingerprint density at radius 3 is 1.60 bits per heavy atom. The molecule has 55 heavy (non-hydrogen) atoms. The molecular formula is C52H31NO2. The van der Waals surface area contributed by atoms with Crippen molar-refractivity contribution in [3.8, 4) is 39.3 Å². The second-order valence-electron chi connectivity index (χ2n) is 14.3. The molecule has 0 saturated carbocycles. The van der Waals surface area contributed by atoms with Gasteiger partial charge >= 0.3 is 0 Å². The minimum Gasteiger partial charge on any atom is -0.456 e. The Morgan fingerprint density at radius 2 is 0.909 bits per heavy atom. The molecule has 3 aromatic heterocycles. The van der Waals surface area contributed by atoms with E-state index in [0.29, 0.717) is 0 Å². The molecule has 0 saturated heterocycles. The molecule has 0 radical (unpaired) electrons. The predicted octanol–water partition coefficient (Wildman–Crippen LogP) is 14.7. The van der Waals surface area contributed by atoms with Crippen LogP contribution < -0.4 is 0 Å². The van der Waals surface area contributed by atoms with Gasteiger partial charge in [-0.1, -0.05) is 140 Å². The van der Waals surface area contributed by atoms with Gasteiger partial charge < -0.3 is 13.4 Å². The van der Waals surface area contributed by atoms with Crippen LogP contribution in [-0.2, 0) is 0 Å². The zero-order chi connectivity index (χ0) is 36.0. The Morgan fingerprint density at radius 1 is 0.345 bits per heavy atom. The summed E-state index contributed by atoms with van der Waals surface area (Å²) in [6, 6.07) is 67.2. The molecule has 9 aromatic carbocycles. The number of hydrogen-bond donors (Lipinski definition) is 0. The summed E-state index contributed by atoms with van der Waals surface area (Å²) >= 11 is 0. The van der Waals surface area contributed by atoms with Crippen molar-refractivity contribution in [2.75, 3.05) is 0 Å². The number of benzene rings is 9. The third kappa shape index (κ3) is 4.32. The van der Waals surface area contributed by atoms with Crippen molar-refractivity contribution in [3.63, 3.8) is 0 Å². The van der Waals surface area contributed by atoms with Crippen LogP contribution in [0.15, 0.2) is 197 Å². The van der Waals surface area contributed by atoms with Crippen molar-refractivity contribution < 1.29 is 8.83 Å². The second kappa shape index (κ2) is 11.6. The van der Waals surface area contributed by atoms with E-state index in [1.807, 2.05) is 18.2 Å². The van der Waals surface area contributed by atoms with E-state index in [-0.39, 0.29) is 0 Å². The highest BCUT2D eigenvalue weighted by Gasteiger charge is 2.24. The van der Waals surface area contributed by atoms with Crippen LogP contribution in [0.25, 0.3) is 116 Å². The fourth-order valence-corrected chi connectivity index (χ4v) is 9.14. The third-order valence-electron chi connectivity index (χ3n) is 11.4. The summed E-state index contributed by atoms with van der Waals surface area (Å²) in [5.74, 6) is 0.832. The van der Waals surface area contributed by atoms with Gasteiger partial charge in [-0.05, 0) is 92.3 Å². The summed E-state index contributed by atoms with van der Waals surface area (Å²) in [7, 11) is 0. The fourth-order valence-electron chi connectivity index (χ4n) is 9.14. The highest BCUT2D eigenvalue weighted by Crippen LogP contribution is 2.50. The summed E-state index contributed by atoms with van der Waals surface area (Å²) in [4.78, 5) is 0. The van der Waals surface area contributed by atoms with E-state index in [1.54, 1.807) is 0 Å². The van der Waals surface area contributed by atoms with E-state index in [1.165, 1.54) is 60.0 Å². The van der Waals surface area contributed by atoms with Gasteiger partial charge in [-0.2, -0.15) is 0 Å². The number of furan rings is 2. The van der Waals surface area contributed by atoms with Crippen LogP contribution in [0.2, 0.25) is 0 Å². The molecule has 12 rings (SSSR count). The summed E-state index contributed by atoms with van der Waals surface area (Å²) < 4.78 is 15.5. The highest BCUT2D eigenvalue weighted by atomic mass is 16.3. The van der Waals surface area contributed by atoms with Gasteiger partial charge in [0.25, 0.3) is 0 Å². The van der Waals surface area contributed by atoms with E-state index < -0.39 is 0 Å². The molecule has 0 aliphatic heterocycles. The zero-order valence-corrected chi connectivity index (χ0v) is 29.7. The number of fused-ring (bicyclic) bond motifs is 10. The van der Waals surface area contributed by atoms with E-state index >= 15 is 0 Å². The van der Waals surface area contributed by atoms with Gasteiger partial charge in [-0.15, -0.1) is 0 Å². The average Bonchev–Trinajstić information content (AvgIpc) is 3.96. The average molecular weight is 702 g/mol. The lowest BCUT2D eigenvalue weighted by atomic mass is 9.84. The largest absolute Gasteiger partial charge is 0.456 e. The van der Waals surface area contributed by atoms with Crippen LogP contribution in [0.3, 0.4) is 0 Å². The lowest BCUT2D eigenvalue weighted by Gasteiger charge is -2.19. The maximum absolute atomic E-state index is 6.76. The molecule has 3 heteroatoms. The molecular weight excluding hydrogens is 671 g/mol. The Balaban J connectivity index is 1.17. The van der Waals surface area contributed by atoms with Crippen LogP contribution in [0.1, 0.15) is 0 Å². The Hall–Kier alpha value is -7.36. The monoisotopic (exact) mass is 701 g/mol. The molecule has 0 fully saturated rings. The molecule has 0 unspecified atom stereocenters. The summed E-state index contributed by atoms with van der Waals surface area (Å²) in [5, 5.41) is 10.5. The van der Waals surface area contributed by atoms with Crippen LogP contribution in [0.4, 0.5) is 0 Å². The number of rotatable bonds is 4. The highest BCUT2D eigenvalue weighted by molar-refractivity contribution is 6.29. The standard InChI is InChI=1S/C52H31NO2/c1-3-15-32(16-4-1)47-31-42-45(54-47)30-29-41-51-40(25-14-28-46(51)55-52(41)42)49-36-21-9-7-19-34(36)48(35-20-8-10-22-37(35)49)39-24-13-27-44-50(39)38-23-11-12-26-43(38)53(44)33-17-5-2-6-18-33/h1-31H. The Kier molecular flexibility index (Phi) is 6.34. The molecule has 0 bridgehead atoms. The third-order valence-corrected chi connectivity index (χ3v) is 11.4. The quantitative estimate of drug-likeness (QED) is 0.171. The first-order valence-corrected chi connectivity index (χ1v) is 18.8. The zero-order valence-electron chi connectivity index (χ0n) is 29.7. The number of aromatic nitrogens is 1. The van der Waals surface area contributed by atoms with Gasteiger partial charge in [0, 0.05) is 32.8 Å². The molecule has 0 aliphatic carbocycles. The van der Waals surface area contributed by atoms with E-state index in [2.05, 4.69) is 174 Å². The van der Waals surface area contributed by atoms with Gasteiger partial charge in [0.05, 0.1) is 16.4 Å². The van der Waals surface area contributed by atoms with Gasteiger partial charge in [0.1, 0.15) is 22.5 Å². The first-order chi connectivity index (χ1) is 27.3. The number of hydrogen-bond acceptors (Lipinski definition) is 2. The van der Waals surface area contributed by atoms with Crippen molar-refractivity contribution in [1.82, 2.24) is 4.57 Å². The van der Waals surface area contributed by atoms with E-state index in [9.17, 15) is 0 Å². The molecule has 0 N–H and O–H groups in total. The predicted molar refractivity (Wildman–Crippen MR) is 229 cm³/mol. The lowest BCUT2D eigenvalue weighted by Crippen LogP contribution is -1.94. The molecule has 3 heterocycles. The number of nitrogens with zero attached hydrogens (tertiary/aromatic N) is 1. The Bertz CT molecular complexity index is 3420. The fraction of sp³-hybridized carbons (Fsp3) is 0. The topological polar surface area (TPSA) is 31.2 Å². The maximum Gasteiger partial charge on any atom is 0.146 e. The SMILES string of the molecule is c1ccc(-c2cc3c(ccc4c3oc3cccc(-c5c6ccccc6c(-c6cccc7c6c6ccccc6n7-c6ccccc6)c6ccccc56)c34)o2)cc1. The van der Waals surface area contributed by atoms with Gasteiger partial charge in [0.15, 0.2) is 0 Å². The van der Waals surface area contributed by atoms with Gasteiger partial charge in [-0.25, -0.2) is 0 Å². The summed E-state index contributed by atoms with van der Waals surface area (Å²) in [6.07, 6.45) is 0. The minimum absolute atomic E-state index is 0.815. The van der Waals surface area contributed by atoms with Crippen molar-refractivity contribution in [2.24, 2.45) is 0 Å². The molecule has 12 aromatic rings. The molecule has 0 atom stereocenters. The first kappa shape index (κ1) is 30.1. The summed E-state index contributed by atoms with van der Waals surface area (Å²) in [5.41, 5.74) is 11.9. The van der Waals surface area contributed by atoms with Crippen molar-refractivity contribution >= 4 is 76.3 Å². The minimum atomic E-state index is 0.815. The van der Waals surface area contributed by atoms with Gasteiger partial charge in [-0.3, -0.25) is 0 Å². The van der Waals surface area contributed by atoms with Gasteiger partial charge in [0.2, 0.25) is 0 Å². The molecule has 0 amide bonds. The van der Waals surface area contributed by atoms with Crippen LogP contribution in [-0.4, -0.2) is 4.57 Å². The first-order valence-electron chi connectivity index (χ1n) is 18.8. The van der Waals surface area contributed by atoms with E-state index in [4.69, 9.17) is 8.83 Å². The lowest BCUT2D eigenvalue weighted by molar-refractivity contribution is 0.631. The summed E-state index contributed by atoms with van der Waals surface area (Å²) in [6.45, 7) is 0. The maximum atomic E-state index is 6.76. The second-order valence-corrected chi connectivity index (χ2v) is 14.3. The molecule has 256 valence electrons. The van der Waals surface area contributed by atoms with E-state index in [0.717, 1.165) is 55.5 Å². The molecule has 0 aliphatic rings. The number of para-hydroxylation sites is 2. The van der Waals surface area contributed by atoms with Crippen molar-refractivity contribution in [1.29, 1.82) is 0 Å². The molecule has 3 nitrogen and oxygen atoms in total. The Labute approximate surface area is 315 Å². The van der Waals surface area contributed by atoms with Crippen molar-refractivity contribution in [3.05, 3.63) is 188 Å². The van der Waals surface area contributed by atoms with Crippen LogP contribution in [0.5, 0.6) is 0 Å². The molecule has 0 spiro atoms. The smallest absolute Gasteiger partial charge is 0.146 e. The van der Waals surface area contributed by atoms with Crippen LogP contribution in [0, 0.1) is 0 Å².